The molecule has 2 aromatic rings. The van der Waals surface area contributed by atoms with E-state index in [9.17, 15) is 13.6 Å². The molecule has 2 nitrogen and oxygen atoms in total. The zero-order chi connectivity index (χ0) is 17.1. The Morgan fingerprint density at radius 3 is 2.50 bits per heavy atom. The van der Waals surface area contributed by atoms with E-state index in [0.717, 1.165) is 30.5 Å². The van der Waals surface area contributed by atoms with Crippen molar-refractivity contribution in [3.8, 4) is 0 Å². The maximum atomic E-state index is 13.2. The van der Waals surface area contributed by atoms with Gasteiger partial charge in [0.25, 0.3) is 0 Å². The van der Waals surface area contributed by atoms with Gasteiger partial charge in [-0.1, -0.05) is 29.8 Å². The van der Waals surface area contributed by atoms with Gasteiger partial charge in [0.15, 0.2) is 11.6 Å². The molecule has 1 saturated carbocycles. The second-order valence-corrected chi connectivity index (χ2v) is 7.21. The largest absolute Gasteiger partial charge is 0.348 e. The highest BCUT2D eigenvalue weighted by molar-refractivity contribution is 8.00. The molecule has 0 bridgehead atoms. The van der Waals surface area contributed by atoms with Crippen LogP contribution in [0.2, 0.25) is 0 Å². The number of rotatable bonds is 6. The van der Waals surface area contributed by atoms with Crippen LogP contribution in [0.15, 0.2) is 47.4 Å². The summed E-state index contributed by atoms with van der Waals surface area (Å²) in [4.78, 5) is 12.8. The third-order valence-electron chi connectivity index (χ3n) is 4.11. The van der Waals surface area contributed by atoms with Crippen LogP contribution < -0.4 is 5.32 Å². The first-order valence-corrected chi connectivity index (χ1v) is 8.95. The second-order valence-electron chi connectivity index (χ2n) is 6.16. The van der Waals surface area contributed by atoms with Crippen LogP contribution in [0.5, 0.6) is 0 Å². The number of carbonyl (C=O) groups excluding carboxylic acids is 1. The van der Waals surface area contributed by atoms with E-state index in [1.165, 1.54) is 23.4 Å². The molecule has 0 saturated heterocycles. The molecule has 1 atom stereocenters. The molecular formula is C19H19F2NOS. The zero-order valence-electron chi connectivity index (χ0n) is 13.4. The first-order chi connectivity index (χ1) is 11.5. The van der Waals surface area contributed by atoms with Crippen molar-refractivity contribution in [2.75, 3.05) is 5.75 Å². The van der Waals surface area contributed by atoms with Gasteiger partial charge in [-0.25, -0.2) is 8.78 Å². The molecule has 2 aromatic carbocycles. The fourth-order valence-electron chi connectivity index (χ4n) is 2.61. The molecule has 3 rings (SSSR count). The number of carbonyl (C=O) groups is 1. The Labute approximate surface area is 144 Å². The fraction of sp³-hybridized carbons (Fsp3) is 0.316. The van der Waals surface area contributed by atoms with Gasteiger partial charge in [-0.15, -0.1) is 11.8 Å². The van der Waals surface area contributed by atoms with Crippen molar-refractivity contribution in [3.63, 3.8) is 0 Å². The Balaban J connectivity index is 1.59. The smallest absolute Gasteiger partial charge is 0.230 e. The molecular weight excluding hydrogens is 328 g/mol. The Morgan fingerprint density at radius 2 is 1.88 bits per heavy atom. The number of amides is 1. The van der Waals surface area contributed by atoms with E-state index in [0.29, 0.717) is 10.8 Å². The van der Waals surface area contributed by atoms with Crippen molar-refractivity contribution in [3.05, 3.63) is 65.2 Å². The van der Waals surface area contributed by atoms with Crippen molar-refractivity contribution in [1.82, 2.24) is 5.32 Å². The van der Waals surface area contributed by atoms with Gasteiger partial charge in [-0.3, -0.25) is 4.79 Å². The minimum Gasteiger partial charge on any atom is -0.348 e. The molecule has 1 amide bonds. The van der Waals surface area contributed by atoms with Crippen molar-refractivity contribution in [2.24, 2.45) is 5.92 Å². The minimum atomic E-state index is -0.893. The number of thioether (sulfide) groups is 1. The molecule has 1 aliphatic carbocycles. The average Bonchev–Trinajstić information content (AvgIpc) is 3.39. The van der Waals surface area contributed by atoms with Crippen LogP contribution in [-0.4, -0.2) is 11.7 Å². The molecule has 1 N–H and O–H groups in total. The summed E-state index contributed by atoms with van der Waals surface area (Å²) < 4.78 is 26.1. The highest BCUT2D eigenvalue weighted by Crippen LogP contribution is 2.41. The maximum absolute atomic E-state index is 13.2. The summed E-state index contributed by atoms with van der Waals surface area (Å²) in [5, 5.41) is 3.08. The Morgan fingerprint density at radius 1 is 1.17 bits per heavy atom. The van der Waals surface area contributed by atoms with Gasteiger partial charge in [-0.2, -0.15) is 0 Å². The van der Waals surface area contributed by atoms with Crippen LogP contribution in [-0.2, 0) is 4.79 Å². The number of benzene rings is 2. The third kappa shape index (κ3) is 4.35. The molecule has 0 heterocycles. The van der Waals surface area contributed by atoms with Crippen LogP contribution in [0.1, 0.15) is 30.0 Å². The lowest BCUT2D eigenvalue weighted by atomic mass is 10.0. The van der Waals surface area contributed by atoms with Gasteiger partial charge in [0.1, 0.15) is 0 Å². The molecule has 1 fully saturated rings. The number of aryl methyl sites for hydroxylation is 1. The minimum absolute atomic E-state index is 0.0312. The van der Waals surface area contributed by atoms with Gasteiger partial charge >= 0.3 is 0 Å². The van der Waals surface area contributed by atoms with Crippen LogP contribution in [0.3, 0.4) is 0 Å². The first kappa shape index (κ1) is 17.0. The van der Waals surface area contributed by atoms with Crippen LogP contribution >= 0.6 is 11.8 Å². The van der Waals surface area contributed by atoms with Crippen LogP contribution in [0.25, 0.3) is 0 Å². The quantitative estimate of drug-likeness (QED) is 0.772. The number of hydrogen-bond acceptors (Lipinski definition) is 2. The van der Waals surface area contributed by atoms with Crippen molar-refractivity contribution >= 4 is 17.7 Å². The predicted molar refractivity (Wildman–Crippen MR) is 91.9 cm³/mol. The van der Waals surface area contributed by atoms with Crippen molar-refractivity contribution < 1.29 is 13.6 Å². The predicted octanol–water partition coefficient (Wildman–Crippen LogP) is 4.63. The standard InChI is InChI=1S/C19H19F2NOS/c1-12-2-4-13(5-3-12)19(14-6-7-14)22-18(23)11-24-15-8-9-16(20)17(21)10-15/h2-5,8-10,14,19H,6-7,11H2,1H3,(H,22,23)/t19-/m0/s1. The Kier molecular flexibility index (Phi) is 5.19. The summed E-state index contributed by atoms with van der Waals surface area (Å²) in [5.41, 5.74) is 2.31. The highest BCUT2D eigenvalue weighted by atomic mass is 32.2. The van der Waals surface area contributed by atoms with E-state index < -0.39 is 11.6 Å². The molecule has 1 aliphatic rings. The number of nitrogens with one attached hydrogen (secondary N) is 1. The number of hydrogen-bond donors (Lipinski definition) is 1. The molecule has 0 unspecified atom stereocenters. The fourth-order valence-corrected chi connectivity index (χ4v) is 3.34. The van der Waals surface area contributed by atoms with Gasteiger partial charge in [0.05, 0.1) is 11.8 Å². The van der Waals surface area contributed by atoms with E-state index in [2.05, 4.69) is 17.4 Å². The van der Waals surface area contributed by atoms with Gasteiger partial charge < -0.3 is 5.32 Å². The van der Waals surface area contributed by atoms with Gasteiger partial charge in [0, 0.05) is 4.90 Å². The molecule has 126 valence electrons. The van der Waals surface area contributed by atoms with Crippen molar-refractivity contribution in [1.29, 1.82) is 0 Å². The maximum Gasteiger partial charge on any atom is 0.230 e. The van der Waals surface area contributed by atoms with E-state index in [-0.39, 0.29) is 17.7 Å². The summed E-state index contributed by atoms with van der Waals surface area (Å²) in [6.07, 6.45) is 2.24. The monoisotopic (exact) mass is 347 g/mol. The summed E-state index contributed by atoms with van der Waals surface area (Å²) >= 11 is 1.20. The molecule has 0 aromatic heterocycles. The third-order valence-corrected chi connectivity index (χ3v) is 5.10. The summed E-state index contributed by atoms with van der Waals surface area (Å²) in [6.45, 7) is 2.03. The lowest BCUT2D eigenvalue weighted by Crippen LogP contribution is -2.31. The van der Waals surface area contributed by atoms with E-state index in [1.54, 1.807) is 0 Å². The summed E-state index contributed by atoms with van der Waals surface area (Å²) in [6, 6.07) is 11.9. The zero-order valence-corrected chi connectivity index (χ0v) is 14.2. The Hall–Kier alpha value is -1.88. The molecule has 0 spiro atoms. The Bertz CT molecular complexity index is 729. The van der Waals surface area contributed by atoms with E-state index in [4.69, 9.17) is 0 Å². The van der Waals surface area contributed by atoms with Crippen molar-refractivity contribution in [2.45, 2.75) is 30.7 Å². The van der Waals surface area contributed by atoms with Crippen LogP contribution in [0.4, 0.5) is 8.78 Å². The molecule has 5 heteroatoms. The second kappa shape index (κ2) is 7.34. The number of halogens is 2. The van der Waals surface area contributed by atoms with E-state index >= 15 is 0 Å². The van der Waals surface area contributed by atoms with Gasteiger partial charge in [0.2, 0.25) is 5.91 Å². The SMILES string of the molecule is Cc1ccc([C@H](NC(=O)CSc2ccc(F)c(F)c2)C2CC2)cc1. The summed E-state index contributed by atoms with van der Waals surface area (Å²) in [5.74, 6) is -1.19. The lowest BCUT2D eigenvalue weighted by Gasteiger charge is -2.19. The highest BCUT2D eigenvalue weighted by Gasteiger charge is 2.33. The van der Waals surface area contributed by atoms with Gasteiger partial charge in [-0.05, 0) is 49.4 Å². The molecule has 0 aliphatic heterocycles. The lowest BCUT2D eigenvalue weighted by molar-refractivity contribution is -0.119. The first-order valence-electron chi connectivity index (χ1n) is 7.97. The topological polar surface area (TPSA) is 29.1 Å². The average molecular weight is 347 g/mol. The normalized spacial score (nSPS) is 15.1. The molecule has 24 heavy (non-hydrogen) atoms. The van der Waals surface area contributed by atoms with Crippen LogP contribution in [0, 0.1) is 24.5 Å². The van der Waals surface area contributed by atoms with E-state index in [1.807, 2.05) is 19.1 Å². The summed E-state index contributed by atoms with van der Waals surface area (Å²) in [7, 11) is 0. The molecule has 0 radical (unpaired) electrons.